The normalized spacial score (nSPS) is 11.5. The van der Waals surface area contributed by atoms with Crippen molar-refractivity contribution >= 4 is 21.9 Å². The second-order valence-corrected chi connectivity index (χ2v) is 6.41. The van der Waals surface area contributed by atoms with E-state index >= 15 is 0 Å². The Morgan fingerprint density at radius 1 is 1.00 bits per heavy atom. The number of primary sulfonamides is 1. The molecule has 0 atom stereocenters. The maximum Gasteiger partial charge on any atom is 0.238 e. The van der Waals surface area contributed by atoms with Gasteiger partial charge in [0.1, 0.15) is 17.1 Å². The molecule has 2 aromatic rings. The van der Waals surface area contributed by atoms with Crippen LogP contribution in [0.2, 0.25) is 0 Å². The summed E-state index contributed by atoms with van der Waals surface area (Å²) in [6.45, 7) is 0. The fraction of sp³-hybridized carbons (Fsp3) is 0.118. The van der Waals surface area contributed by atoms with Gasteiger partial charge in [0, 0.05) is 0 Å². The van der Waals surface area contributed by atoms with Crippen molar-refractivity contribution < 1.29 is 22.7 Å². The summed E-state index contributed by atoms with van der Waals surface area (Å²) in [6.07, 6.45) is 2.94. The van der Waals surface area contributed by atoms with Crippen molar-refractivity contribution in [3.05, 3.63) is 59.7 Å². The summed E-state index contributed by atoms with van der Waals surface area (Å²) in [4.78, 5) is 12.5. The molecule has 0 fully saturated rings. The lowest BCUT2D eigenvalue weighted by Crippen LogP contribution is -2.11. The van der Waals surface area contributed by atoms with Gasteiger partial charge in [-0.05, 0) is 35.9 Å². The van der Waals surface area contributed by atoms with E-state index in [9.17, 15) is 13.2 Å². The number of ether oxygens (including phenoxy) is 2. The lowest BCUT2D eigenvalue weighted by atomic mass is 10.1. The van der Waals surface area contributed by atoms with Crippen LogP contribution in [-0.4, -0.2) is 28.4 Å². The number of rotatable bonds is 6. The first kappa shape index (κ1) is 17.7. The average Bonchev–Trinajstić information content (AvgIpc) is 2.58. The predicted molar refractivity (Wildman–Crippen MR) is 90.7 cm³/mol. The van der Waals surface area contributed by atoms with Crippen LogP contribution in [0.25, 0.3) is 6.08 Å². The molecule has 0 radical (unpaired) electrons. The van der Waals surface area contributed by atoms with Crippen LogP contribution in [0.1, 0.15) is 15.9 Å². The molecule has 0 spiro atoms. The van der Waals surface area contributed by atoms with E-state index in [1.807, 2.05) is 0 Å². The molecule has 0 aliphatic carbocycles. The molecule has 0 heterocycles. The van der Waals surface area contributed by atoms with E-state index in [-0.39, 0.29) is 10.7 Å². The topological polar surface area (TPSA) is 95.7 Å². The van der Waals surface area contributed by atoms with Crippen LogP contribution >= 0.6 is 0 Å². The summed E-state index contributed by atoms with van der Waals surface area (Å²) >= 11 is 0. The van der Waals surface area contributed by atoms with Gasteiger partial charge in [0.2, 0.25) is 10.0 Å². The number of carbonyl (C=O) groups excluding carboxylic acids is 1. The highest BCUT2D eigenvalue weighted by Gasteiger charge is 2.15. The molecular formula is C17H17NO5S. The van der Waals surface area contributed by atoms with Crippen LogP contribution in [0, 0.1) is 0 Å². The fourth-order valence-corrected chi connectivity index (χ4v) is 2.63. The number of carbonyl (C=O) groups is 1. The van der Waals surface area contributed by atoms with E-state index < -0.39 is 10.0 Å². The molecule has 0 aliphatic rings. The van der Waals surface area contributed by atoms with Gasteiger partial charge in [0.05, 0.1) is 19.1 Å². The molecule has 6 nitrogen and oxygen atoms in total. The smallest absolute Gasteiger partial charge is 0.238 e. The molecule has 0 aliphatic heterocycles. The molecule has 2 rings (SSSR count). The second kappa shape index (κ2) is 7.29. The number of hydrogen-bond donors (Lipinski definition) is 1. The molecule has 0 bridgehead atoms. The van der Waals surface area contributed by atoms with Crippen LogP contribution < -0.4 is 14.6 Å². The third kappa shape index (κ3) is 4.01. The number of methoxy groups -OCH3 is 2. The van der Waals surface area contributed by atoms with Gasteiger partial charge >= 0.3 is 0 Å². The van der Waals surface area contributed by atoms with Gasteiger partial charge in [0.15, 0.2) is 5.78 Å². The number of ketones is 1. The summed E-state index contributed by atoms with van der Waals surface area (Å²) in [7, 11) is -0.789. The first-order valence-electron chi connectivity index (χ1n) is 6.93. The van der Waals surface area contributed by atoms with Crippen LogP contribution in [0.4, 0.5) is 0 Å². The molecule has 0 saturated heterocycles. The Morgan fingerprint density at radius 2 is 1.54 bits per heavy atom. The lowest BCUT2D eigenvalue weighted by Gasteiger charge is -2.10. The summed E-state index contributed by atoms with van der Waals surface area (Å²) < 4.78 is 32.8. The van der Waals surface area contributed by atoms with E-state index in [0.717, 1.165) is 0 Å². The van der Waals surface area contributed by atoms with Crippen molar-refractivity contribution in [3.8, 4) is 11.5 Å². The van der Waals surface area contributed by atoms with Crippen molar-refractivity contribution in [2.45, 2.75) is 4.90 Å². The van der Waals surface area contributed by atoms with Crippen LogP contribution in [0.3, 0.4) is 0 Å². The highest BCUT2D eigenvalue weighted by atomic mass is 32.2. The molecule has 0 unspecified atom stereocenters. The Labute approximate surface area is 140 Å². The number of sulfonamides is 1. The first-order chi connectivity index (χ1) is 11.4. The molecule has 2 aromatic carbocycles. The minimum atomic E-state index is -3.74. The van der Waals surface area contributed by atoms with Crippen LogP contribution in [0.5, 0.6) is 11.5 Å². The van der Waals surface area contributed by atoms with E-state index in [0.29, 0.717) is 22.6 Å². The molecule has 0 saturated carbocycles. The zero-order chi connectivity index (χ0) is 17.7. The van der Waals surface area contributed by atoms with Gasteiger partial charge in [-0.15, -0.1) is 0 Å². The quantitative estimate of drug-likeness (QED) is 0.639. The molecule has 2 N–H and O–H groups in total. The molecule has 24 heavy (non-hydrogen) atoms. The second-order valence-electron chi connectivity index (χ2n) is 4.85. The van der Waals surface area contributed by atoms with Crippen molar-refractivity contribution in [3.63, 3.8) is 0 Å². The largest absolute Gasteiger partial charge is 0.496 e. The third-order valence-electron chi connectivity index (χ3n) is 3.31. The van der Waals surface area contributed by atoms with E-state index in [1.54, 1.807) is 36.4 Å². The van der Waals surface area contributed by atoms with Crippen molar-refractivity contribution in [2.24, 2.45) is 5.14 Å². The Morgan fingerprint density at radius 3 is 2.00 bits per heavy atom. The standard InChI is InChI=1S/C17H17NO5S/c1-22-15-4-3-5-16(23-2)17(15)14(19)11-8-12-6-9-13(10-7-12)24(18,20)21/h3-11H,1-2H3,(H2,18,20,21)/b11-8+. The number of benzene rings is 2. The maximum absolute atomic E-state index is 12.4. The molecule has 0 aromatic heterocycles. The van der Waals surface area contributed by atoms with Gasteiger partial charge < -0.3 is 9.47 Å². The predicted octanol–water partition coefficient (Wildman–Crippen LogP) is 2.25. The minimum absolute atomic E-state index is 0.0115. The Bertz CT molecular complexity index is 848. The molecule has 7 heteroatoms. The van der Waals surface area contributed by atoms with Gasteiger partial charge in [-0.25, -0.2) is 13.6 Å². The zero-order valence-corrected chi connectivity index (χ0v) is 14.0. The van der Waals surface area contributed by atoms with E-state index in [2.05, 4.69) is 0 Å². The molecule has 126 valence electrons. The van der Waals surface area contributed by atoms with Crippen LogP contribution in [-0.2, 0) is 10.0 Å². The highest BCUT2D eigenvalue weighted by Crippen LogP contribution is 2.29. The van der Waals surface area contributed by atoms with Crippen molar-refractivity contribution in [1.29, 1.82) is 0 Å². The first-order valence-corrected chi connectivity index (χ1v) is 8.47. The Hall–Kier alpha value is -2.64. The molecular weight excluding hydrogens is 330 g/mol. The summed E-state index contributed by atoms with van der Waals surface area (Å²) in [5.41, 5.74) is 0.976. The number of hydrogen-bond acceptors (Lipinski definition) is 5. The van der Waals surface area contributed by atoms with E-state index in [4.69, 9.17) is 14.6 Å². The Balaban J connectivity index is 2.28. The number of nitrogens with two attached hydrogens (primary N) is 1. The van der Waals surface area contributed by atoms with Crippen molar-refractivity contribution in [1.82, 2.24) is 0 Å². The SMILES string of the molecule is COc1cccc(OC)c1C(=O)/C=C/c1ccc(S(N)(=O)=O)cc1. The third-order valence-corrected chi connectivity index (χ3v) is 4.24. The van der Waals surface area contributed by atoms with Gasteiger partial charge in [-0.1, -0.05) is 24.3 Å². The molecule has 0 amide bonds. The maximum atomic E-state index is 12.4. The monoisotopic (exact) mass is 347 g/mol. The van der Waals surface area contributed by atoms with Gasteiger partial charge in [0.25, 0.3) is 0 Å². The number of allylic oxidation sites excluding steroid dienone is 1. The highest BCUT2D eigenvalue weighted by molar-refractivity contribution is 7.89. The fourth-order valence-electron chi connectivity index (χ4n) is 2.12. The van der Waals surface area contributed by atoms with Crippen molar-refractivity contribution in [2.75, 3.05) is 14.2 Å². The minimum Gasteiger partial charge on any atom is -0.496 e. The van der Waals surface area contributed by atoms with E-state index in [1.165, 1.54) is 32.4 Å². The van der Waals surface area contributed by atoms with Gasteiger partial charge in [-0.2, -0.15) is 0 Å². The van der Waals surface area contributed by atoms with Gasteiger partial charge in [-0.3, -0.25) is 4.79 Å². The average molecular weight is 347 g/mol. The van der Waals surface area contributed by atoms with Crippen LogP contribution in [0.15, 0.2) is 53.4 Å². The summed E-state index contributed by atoms with van der Waals surface area (Å²) in [5.74, 6) is 0.530. The Kier molecular flexibility index (Phi) is 5.38. The lowest BCUT2D eigenvalue weighted by molar-refractivity contribution is 0.104. The summed E-state index contributed by atoms with van der Waals surface area (Å²) in [5, 5.41) is 5.04. The zero-order valence-electron chi connectivity index (χ0n) is 13.2. The summed E-state index contributed by atoms with van der Waals surface area (Å²) in [6, 6.07) is 10.9.